The number of rotatable bonds is 4. The number of hydrogen-bond donors (Lipinski definition) is 1. The summed E-state index contributed by atoms with van der Waals surface area (Å²) in [6.45, 7) is 7.44. The summed E-state index contributed by atoms with van der Waals surface area (Å²) in [4.78, 5) is 19.7. The molecule has 1 N–H and O–H groups in total. The monoisotopic (exact) mass is 394 g/mol. The van der Waals surface area contributed by atoms with Crippen LogP contribution in [0, 0.1) is 0 Å². The Labute approximate surface area is 160 Å². The molecule has 9 heteroatoms. The van der Waals surface area contributed by atoms with E-state index in [1.54, 1.807) is 75.6 Å². The first-order chi connectivity index (χ1) is 12.5. The topological polar surface area (TPSA) is 91.8 Å². The highest BCUT2D eigenvalue weighted by Gasteiger charge is 2.22. The van der Waals surface area contributed by atoms with E-state index >= 15 is 0 Å². The van der Waals surface area contributed by atoms with Gasteiger partial charge in [0.25, 0.3) is 0 Å². The second-order valence-electron chi connectivity index (χ2n) is 7.21. The Bertz CT molecular complexity index is 843. The molecule has 0 aliphatic carbocycles. The van der Waals surface area contributed by atoms with Crippen LogP contribution < -0.4 is 10.2 Å². The molecule has 27 heavy (non-hydrogen) atoms. The Kier molecular flexibility index (Phi) is 6.15. The molecule has 1 amide bonds. The van der Waals surface area contributed by atoms with Crippen LogP contribution in [0.5, 0.6) is 0 Å². The summed E-state index contributed by atoms with van der Waals surface area (Å²) in [5, 5.41) is 2.22. The minimum absolute atomic E-state index is 0.453. The molecule has 148 valence electrons. The lowest BCUT2D eigenvalue weighted by Crippen LogP contribution is -2.30. The normalized spacial score (nSPS) is 16.0. The Morgan fingerprint density at radius 3 is 2.63 bits per heavy atom. The third kappa shape index (κ3) is 5.99. The number of carbonyl (C=O) groups is 1. The van der Waals surface area contributed by atoms with Gasteiger partial charge in [-0.05, 0) is 45.9 Å². The molecule has 0 fully saturated rings. The van der Waals surface area contributed by atoms with Gasteiger partial charge in [0.05, 0.1) is 5.69 Å². The highest BCUT2D eigenvalue weighted by molar-refractivity contribution is 7.91. The fourth-order valence-corrected chi connectivity index (χ4v) is 2.54. The molecule has 0 spiro atoms. The number of nitrogens with one attached hydrogen (secondary N) is 1. The molecule has 1 unspecified atom stereocenters. The van der Waals surface area contributed by atoms with Crippen LogP contribution in [0.2, 0.25) is 0 Å². The van der Waals surface area contributed by atoms with Crippen molar-refractivity contribution in [1.82, 2.24) is 9.88 Å². The fourth-order valence-electron chi connectivity index (χ4n) is 2.20. The van der Waals surface area contributed by atoms with Crippen LogP contribution in [0.15, 0.2) is 43.0 Å². The van der Waals surface area contributed by atoms with Gasteiger partial charge < -0.3 is 15.0 Å². The number of sulfone groups is 1. The first-order valence-corrected chi connectivity index (χ1v) is 10.5. The molecular formula is C18H26N4O4S. The summed E-state index contributed by atoms with van der Waals surface area (Å²) in [7, 11) is -3.25. The summed E-state index contributed by atoms with van der Waals surface area (Å²) < 4.78 is 28.8. The van der Waals surface area contributed by atoms with Crippen LogP contribution in [0.25, 0.3) is 0 Å². The van der Waals surface area contributed by atoms with Crippen LogP contribution in [0.4, 0.5) is 16.3 Å². The van der Waals surface area contributed by atoms with Gasteiger partial charge in [0.2, 0.25) is 0 Å². The molecule has 1 aromatic heterocycles. The highest BCUT2D eigenvalue weighted by atomic mass is 32.2. The van der Waals surface area contributed by atoms with Gasteiger partial charge in [0.1, 0.15) is 11.0 Å². The van der Waals surface area contributed by atoms with Crippen molar-refractivity contribution in [2.24, 2.45) is 0 Å². The van der Waals surface area contributed by atoms with Crippen LogP contribution in [0.3, 0.4) is 0 Å². The molecule has 0 bridgehead atoms. The van der Waals surface area contributed by atoms with E-state index in [2.05, 4.69) is 10.3 Å². The van der Waals surface area contributed by atoms with Gasteiger partial charge in [-0.25, -0.2) is 18.2 Å². The number of anilines is 2. The van der Waals surface area contributed by atoms with Crippen LogP contribution in [0.1, 0.15) is 27.7 Å². The van der Waals surface area contributed by atoms with Gasteiger partial charge in [-0.2, -0.15) is 0 Å². The van der Waals surface area contributed by atoms with E-state index in [0.29, 0.717) is 18.1 Å². The van der Waals surface area contributed by atoms with Gasteiger partial charge in [0.15, 0.2) is 15.7 Å². The lowest BCUT2D eigenvalue weighted by atomic mass is 10.2. The summed E-state index contributed by atoms with van der Waals surface area (Å²) in [6, 6.07) is 3.49. The second-order valence-corrected chi connectivity index (χ2v) is 9.58. The molecule has 2 heterocycles. The summed E-state index contributed by atoms with van der Waals surface area (Å²) in [5.41, 5.74) is -0.0101. The number of pyridine rings is 1. The quantitative estimate of drug-likeness (QED) is 0.839. The molecule has 8 nitrogen and oxygen atoms in total. The second kappa shape index (κ2) is 7.99. The Morgan fingerprint density at radius 2 is 2.00 bits per heavy atom. The summed E-state index contributed by atoms with van der Waals surface area (Å²) in [6.07, 6.45) is 9.01. The predicted molar refractivity (Wildman–Crippen MR) is 106 cm³/mol. The smallest absolute Gasteiger partial charge is 0.418 e. The van der Waals surface area contributed by atoms with Crippen LogP contribution in [-0.2, 0) is 14.6 Å². The SMILES string of the molecule is CC(Nc1cccnc1N1C=CN(C(=O)OC(C)(C)C)C=CC1)S(C)(=O)=O. The Balaban J connectivity index is 2.22. The number of nitrogens with zero attached hydrogens (tertiary/aromatic N) is 3. The van der Waals surface area contributed by atoms with Gasteiger partial charge in [-0.15, -0.1) is 0 Å². The van der Waals surface area contributed by atoms with E-state index in [0.717, 1.165) is 0 Å². The maximum absolute atomic E-state index is 12.2. The summed E-state index contributed by atoms with van der Waals surface area (Å²) in [5.74, 6) is 0.555. The van der Waals surface area contributed by atoms with Crippen molar-refractivity contribution in [2.75, 3.05) is 23.0 Å². The average molecular weight is 394 g/mol. The fraction of sp³-hybridized carbons (Fsp3) is 0.444. The molecule has 0 aromatic carbocycles. The van der Waals surface area contributed by atoms with Crippen molar-refractivity contribution in [3.63, 3.8) is 0 Å². The van der Waals surface area contributed by atoms with Crippen molar-refractivity contribution >= 4 is 27.4 Å². The van der Waals surface area contributed by atoms with Crippen molar-refractivity contribution in [1.29, 1.82) is 0 Å². The largest absolute Gasteiger partial charge is 0.443 e. The molecule has 0 radical (unpaired) electrons. The number of ether oxygens (including phenoxy) is 1. The van der Waals surface area contributed by atoms with E-state index in [9.17, 15) is 13.2 Å². The molecule has 0 saturated carbocycles. The lowest BCUT2D eigenvalue weighted by Gasteiger charge is -2.23. The van der Waals surface area contributed by atoms with E-state index in [4.69, 9.17) is 4.74 Å². The third-order valence-corrected chi connectivity index (χ3v) is 5.04. The van der Waals surface area contributed by atoms with E-state index in [1.807, 2.05) is 0 Å². The molecule has 1 aliphatic rings. The van der Waals surface area contributed by atoms with Crippen molar-refractivity contribution in [3.05, 3.63) is 43.0 Å². The minimum atomic E-state index is -3.25. The predicted octanol–water partition coefficient (Wildman–Crippen LogP) is 2.93. The van der Waals surface area contributed by atoms with Crippen molar-refractivity contribution < 1.29 is 17.9 Å². The molecule has 2 rings (SSSR count). The van der Waals surface area contributed by atoms with Gasteiger partial charge in [-0.3, -0.25) is 4.90 Å². The van der Waals surface area contributed by atoms with Gasteiger partial charge in [-0.1, -0.05) is 0 Å². The maximum atomic E-state index is 12.2. The lowest BCUT2D eigenvalue weighted by molar-refractivity contribution is 0.0400. The average Bonchev–Trinajstić information content (AvgIpc) is 2.79. The zero-order chi connectivity index (χ0) is 20.2. The molecule has 1 atom stereocenters. The standard InChI is InChI=1S/C18H26N4O4S/c1-14(27(5,24)25)20-15-8-6-9-19-16(15)21-10-7-11-22(13-12-21)17(23)26-18(2,3)4/h6-9,11-14,20H,10H2,1-5H3. The maximum Gasteiger partial charge on any atom is 0.418 e. The minimum Gasteiger partial charge on any atom is -0.443 e. The summed E-state index contributed by atoms with van der Waals surface area (Å²) >= 11 is 0. The number of amides is 1. The zero-order valence-electron chi connectivity index (χ0n) is 16.2. The number of hydrogen-bond acceptors (Lipinski definition) is 7. The first kappa shape index (κ1) is 20.8. The Morgan fingerprint density at radius 1 is 1.30 bits per heavy atom. The number of carbonyl (C=O) groups excluding carboxylic acids is 1. The highest BCUT2D eigenvalue weighted by Crippen LogP contribution is 2.25. The van der Waals surface area contributed by atoms with Gasteiger partial charge in [0, 0.05) is 37.6 Å². The molecule has 1 aromatic rings. The molecule has 0 saturated heterocycles. The van der Waals surface area contributed by atoms with E-state index in [1.165, 1.54) is 11.2 Å². The first-order valence-electron chi connectivity index (χ1n) is 8.51. The zero-order valence-corrected chi connectivity index (χ0v) is 17.0. The van der Waals surface area contributed by atoms with Crippen molar-refractivity contribution in [2.45, 2.75) is 38.7 Å². The molecule has 1 aliphatic heterocycles. The van der Waals surface area contributed by atoms with E-state index < -0.39 is 26.9 Å². The van der Waals surface area contributed by atoms with Crippen molar-refractivity contribution in [3.8, 4) is 0 Å². The number of aromatic nitrogens is 1. The van der Waals surface area contributed by atoms with Crippen LogP contribution in [-0.4, -0.2) is 48.2 Å². The third-order valence-electron chi connectivity index (χ3n) is 3.64. The van der Waals surface area contributed by atoms with Crippen LogP contribution >= 0.6 is 0 Å². The molecular weight excluding hydrogens is 368 g/mol. The van der Waals surface area contributed by atoms with E-state index in [-0.39, 0.29) is 0 Å². The van der Waals surface area contributed by atoms with Gasteiger partial charge >= 0.3 is 6.09 Å². The Hall–Kier alpha value is -2.55.